The molecule has 0 fully saturated rings. The molecule has 23 heteroatoms. The van der Waals surface area contributed by atoms with Crippen LogP contribution < -0.4 is 0 Å². The zero-order chi connectivity index (χ0) is 56.5. The maximum Gasteiger partial charge on any atom is 0.177 e. The predicted octanol–water partition coefficient (Wildman–Crippen LogP) is 11.7. The summed E-state index contributed by atoms with van der Waals surface area (Å²) in [6.07, 6.45) is 18.0. The van der Waals surface area contributed by atoms with Crippen LogP contribution in [0.5, 0.6) is 0 Å². The number of tetrazole rings is 2. The lowest BCUT2D eigenvalue weighted by molar-refractivity contribution is 0.408. The van der Waals surface area contributed by atoms with E-state index in [4.69, 9.17) is 0 Å². The highest BCUT2D eigenvalue weighted by atomic mass is 16.5. The number of azo groups is 1. The third-order valence-electron chi connectivity index (χ3n) is 10.7. The molecule has 0 spiro atoms. The van der Waals surface area contributed by atoms with Gasteiger partial charge >= 0.3 is 0 Å². The molecule has 75 heavy (non-hydrogen) atoms. The molecule has 23 nitrogen and oxygen atoms in total. The maximum absolute atomic E-state index is 4.63. The lowest BCUT2D eigenvalue weighted by Gasteiger charge is -2.01. The summed E-state index contributed by atoms with van der Waals surface area (Å²) in [5, 5.41) is 66.9. The highest BCUT2D eigenvalue weighted by Crippen LogP contribution is 2.15. The summed E-state index contributed by atoms with van der Waals surface area (Å²) < 4.78 is 12.7. The van der Waals surface area contributed by atoms with E-state index in [-0.39, 0.29) is 0 Å². The Balaban J connectivity index is 0.000000422. The second-order valence-electron chi connectivity index (χ2n) is 20.2. The Kier molecular flexibility index (Phi) is 32.3. The molecule has 3 aliphatic heterocycles. The van der Waals surface area contributed by atoms with Crippen LogP contribution in [0.2, 0.25) is 0 Å². The number of nitrogens with one attached hydrogen (secondary N) is 1. The second-order valence-corrected chi connectivity index (χ2v) is 20.2. The zero-order valence-corrected chi connectivity index (χ0v) is 48.9. The summed E-state index contributed by atoms with van der Waals surface area (Å²) in [6.45, 7) is 38.8. The van der Waals surface area contributed by atoms with Gasteiger partial charge in [0.05, 0.1) is 49.8 Å². The predicted molar refractivity (Wildman–Crippen MR) is 298 cm³/mol. The molecule has 0 amide bonds. The fraction of sp³-hybridized carbons (Fsp3) is 0.635. The van der Waals surface area contributed by atoms with E-state index in [1.54, 1.807) is 41.3 Å². The van der Waals surface area contributed by atoms with Crippen LogP contribution >= 0.6 is 0 Å². The van der Waals surface area contributed by atoms with E-state index in [0.717, 1.165) is 42.3 Å². The Morgan fingerprint density at radius 2 is 1.21 bits per heavy atom. The second kappa shape index (κ2) is 36.8. The molecule has 0 saturated carbocycles. The van der Waals surface area contributed by atoms with Gasteiger partial charge in [-0.2, -0.15) is 40.5 Å². The van der Waals surface area contributed by atoms with Crippen LogP contribution in [0.3, 0.4) is 0 Å². The van der Waals surface area contributed by atoms with E-state index in [1.165, 1.54) is 33.1 Å². The average Bonchev–Trinajstić information content (AvgIpc) is 4.21. The summed E-state index contributed by atoms with van der Waals surface area (Å²) in [7, 11) is 5.51. The van der Waals surface area contributed by atoms with Crippen LogP contribution in [0.15, 0.2) is 94.8 Å². The molecule has 3 aliphatic rings. The number of aromatic amines is 1. The van der Waals surface area contributed by atoms with Crippen LogP contribution in [0.25, 0.3) is 0 Å². The van der Waals surface area contributed by atoms with Gasteiger partial charge in [-0.3, -0.25) is 9.78 Å². The molecular formula is C52H89N21O2. The third kappa shape index (κ3) is 28.3. The standard InChI is InChI=1S/C6H11N3.4C6H10N2.2C6H9NO.2C5H10N4/c1-5(2)6-4-7-8-9(6)3;2*1-5(2)6-3-7-8-4-6;2*1-5(2)6-3-4-7-8-6;1-5(2)6-3-7-8-4-6;1-5(2)6-3-4-8-7-6;1-4(2)5-6-7-8-9(5)3;1-4(2)5-6-8-9(3)7-5/h4-5H,1-3H3;3,5H,4H2,1-2H3;3-5H,1-2H3,(H,7,8);2*4-5H,3H2,1-2H3;2*3-5H,1-2H3;2*4H,1-3H3. The Morgan fingerprint density at radius 1 is 0.587 bits per heavy atom. The summed E-state index contributed by atoms with van der Waals surface area (Å²) in [4.78, 5) is 1.47. The van der Waals surface area contributed by atoms with Gasteiger partial charge in [0.2, 0.25) is 0 Å². The first-order chi connectivity index (χ1) is 35.5. The van der Waals surface area contributed by atoms with E-state index in [1.807, 2.05) is 65.0 Å². The molecular weight excluding hydrogens is 951 g/mol. The highest BCUT2D eigenvalue weighted by Gasteiger charge is 2.09. The summed E-state index contributed by atoms with van der Waals surface area (Å²) in [6, 6.07) is 1.88. The zero-order valence-electron chi connectivity index (χ0n) is 48.9. The van der Waals surface area contributed by atoms with Crippen LogP contribution in [0.4, 0.5) is 0 Å². The summed E-state index contributed by atoms with van der Waals surface area (Å²) in [5.74, 6) is 6.38. The molecule has 414 valence electrons. The lowest BCUT2D eigenvalue weighted by atomic mass is 10.1. The van der Waals surface area contributed by atoms with Gasteiger partial charge < -0.3 is 9.05 Å². The smallest absolute Gasteiger partial charge is 0.177 e. The van der Waals surface area contributed by atoms with Gasteiger partial charge in [0.25, 0.3) is 0 Å². The van der Waals surface area contributed by atoms with Gasteiger partial charge in [0.15, 0.2) is 11.6 Å². The third-order valence-corrected chi connectivity index (χ3v) is 10.7. The molecule has 0 aliphatic carbocycles. The molecule has 0 unspecified atom stereocenters. The van der Waals surface area contributed by atoms with Crippen molar-refractivity contribution in [3.63, 3.8) is 0 Å². The molecule has 0 radical (unpaired) electrons. The normalized spacial score (nSPS) is 12.8. The minimum atomic E-state index is 0.374. The first-order valence-corrected chi connectivity index (χ1v) is 25.8. The van der Waals surface area contributed by atoms with Crippen LogP contribution in [0.1, 0.15) is 207 Å². The number of aryl methyl sites for hydroxylation is 3. The van der Waals surface area contributed by atoms with Crippen molar-refractivity contribution < 1.29 is 9.05 Å². The highest BCUT2D eigenvalue weighted by molar-refractivity contribution is 5.99. The summed E-state index contributed by atoms with van der Waals surface area (Å²) >= 11 is 0. The van der Waals surface area contributed by atoms with Crippen LogP contribution in [-0.4, -0.2) is 106 Å². The van der Waals surface area contributed by atoms with E-state index in [2.05, 4.69) is 212 Å². The van der Waals surface area contributed by atoms with Gasteiger partial charge in [-0.15, -0.1) is 20.4 Å². The molecule has 0 bridgehead atoms. The Labute approximate surface area is 445 Å². The van der Waals surface area contributed by atoms with E-state index < -0.39 is 0 Å². The lowest BCUT2D eigenvalue weighted by Crippen LogP contribution is -2.03. The first-order valence-electron chi connectivity index (χ1n) is 25.8. The molecule has 0 aromatic carbocycles. The number of hydrogen-bond donors (Lipinski definition) is 1. The minimum Gasteiger partial charge on any atom is -0.365 e. The number of hydrogen-bond acceptors (Lipinski definition) is 19. The van der Waals surface area contributed by atoms with Crippen molar-refractivity contribution in [1.82, 2.24) is 75.9 Å². The van der Waals surface area contributed by atoms with Crippen molar-refractivity contribution in [2.24, 2.45) is 69.5 Å². The largest absolute Gasteiger partial charge is 0.365 e. The quantitative estimate of drug-likeness (QED) is 0.141. The number of nitrogens with zero attached hydrogens (tertiary/aromatic N) is 20. The fourth-order valence-corrected chi connectivity index (χ4v) is 5.56. The molecule has 6 aromatic heterocycles. The van der Waals surface area contributed by atoms with Crippen molar-refractivity contribution >= 4 is 23.9 Å². The van der Waals surface area contributed by atoms with Gasteiger partial charge in [0, 0.05) is 80.5 Å². The Morgan fingerprint density at radius 3 is 1.43 bits per heavy atom. The van der Waals surface area contributed by atoms with Crippen LogP contribution in [-0.2, 0) is 21.1 Å². The number of rotatable bonds is 9. The SMILES string of the molecule is CC(C)C1=CN=NC1.CC(C)C1=NN=CC1.CC(C)C1=NN=CC1.CC(C)c1ccon1.CC(C)c1cn[nH]c1.CC(C)c1cnnn1C.CC(C)c1cnoc1.CC(C)c1nnn(C)n1.CC(C)c1nnnn1C. The topological polar surface area (TPSA) is 273 Å². The Bertz CT molecular complexity index is 2300. The number of H-pyrrole nitrogens is 1. The molecule has 9 rings (SSSR count). The van der Waals surface area contributed by atoms with Crippen molar-refractivity contribution in [3.8, 4) is 0 Å². The van der Waals surface area contributed by atoms with Gasteiger partial charge in [-0.1, -0.05) is 140 Å². The van der Waals surface area contributed by atoms with Gasteiger partial charge in [-0.05, 0) is 68.2 Å². The molecule has 0 saturated heterocycles. The molecule has 0 atom stereocenters. The fourth-order valence-electron chi connectivity index (χ4n) is 5.56. The van der Waals surface area contributed by atoms with Gasteiger partial charge in [-0.25, -0.2) is 4.68 Å². The van der Waals surface area contributed by atoms with Gasteiger partial charge in [0.1, 0.15) is 12.5 Å². The van der Waals surface area contributed by atoms with Crippen molar-refractivity contribution in [2.45, 2.75) is 173 Å². The monoisotopic (exact) mass is 1040 g/mol. The van der Waals surface area contributed by atoms with Crippen LogP contribution in [0, 0.1) is 17.8 Å². The maximum atomic E-state index is 4.63. The van der Waals surface area contributed by atoms with Crippen molar-refractivity contribution in [2.75, 3.05) is 6.54 Å². The molecule has 6 aromatic rings. The van der Waals surface area contributed by atoms with E-state index in [0.29, 0.717) is 53.3 Å². The average molecular weight is 1040 g/mol. The minimum absolute atomic E-state index is 0.374. The van der Waals surface area contributed by atoms with Crippen molar-refractivity contribution in [1.29, 1.82) is 0 Å². The van der Waals surface area contributed by atoms with E-state index in [9.17, 15) is 0 Å². The van der Waals surface area contributed by atoms with Crippen molar-refractivity contribution in [3.05, 3.63) is 89.3 Å². The summed E-state index contributed by atoms with van der Waals surface area (Å²) in [5.41, 5.74) is 8.36. The first kappa shape index (κ1) is 65.9. The molecule has 9 heterocycles. The molecule has 1 N–H and O–H groups in total. The Hall–Kier alpha value is -7.07. The van der Waals surface area contributed by atoms with E-state index >= 15 is 0 Å². The number of aromatic nitrogens is 15.